The zero-order valence-corrected chi connectivity index (χ0v) is 13.5. The Hall–Kier alpha value is -2.89. The van der Waals surface area contributed by atoms with Crippen LogP contribution in [0.25, 0.3) is 11.5 Å². The molecule has 0 bridgehead atoms. The van der Waals surface area contributed by atoms with Crippen LogP contribution in [0.3, 0.4) is 0 Å². The first-order valence-corrected chi connectivity index (χ1v) is 8.25. The summed E-state index contributed by atoms with van der Waals surface area (Å²) in [7, 11) is 0. The number of carbonyl (C=O) groups excluding carboxylic acids is 1. The molecule has 0 atom stereocenters. The van der Waals surface area contributed by atoms with E-state index in [1.807, 2.05) is 0 Å². The number of halogens is 1. The molecule has 1 aromatic carbocycles. The minimum absolute atomic E-state index is 0.194. The topological polar surface area (TPSA) is 68.3 Å². The van der Waals surface area contributed by atoms with E-state index in [4.69, 9.17) is 8.94 Å². The van der Waals surface area contributed by atoms with E-state index in [0.29, 0.717) is 11.5 Å². The third kappa shape index (κ3) is 2.95. The number of nitrogens with zero attached hydrogens (tertiary/aromatic N) is 1. The quantitative estimate of drug-likeness (QED) is 0.770. The van der Waals surface area contributed by atoms with Gasteiger partial charge < -0.3 is 14.3 Å². The number of hydrogen-bond acceptors (Lipinski definition) is 4. The van der Waals surface area contributed by atoms with Gasteiger partial charge in [0.15, 0.2) is 11.5 Å². The van der Waals surface area contributed by atoms with E-state index < -0.39 is 5.54 Å². The summed E-state index contributed by atoms with van der Waals surface area (Å²) >= 11 is 0. The molecule has 1 aliphatic rings. The summed E-state index contributed by atoms with van der Waals surface area (Å²) < 4.78 is 23.7. The van der Waals surface area contributed by atoms with Crippen molar-refractivity contribution in [2.45, 2.75) is 31.2 Å². The molecule has 0 radical (unpaired) electrons. The minimum Gasteiger partial charge on any atom is -0.461 e. The average Bonchev–Trinajstić information content (AvgIpc) is 3.36. The first-order chi connectivity index (χ1) is 12.2. The molecule has 25 heavy (non-hydrogen) atoms. The molecule has 1 amide bonds. The number of hydrogen-bond donors (Lipinski definition) is 1. The molecule has 0 aliphatic heterocycles. The van der Waals surface area contributed by atoms with Crippen molar-refractivity contribution in [1.82, 2.24) is 10.5 Å². The first-order valence-electron chi connectivity index (χ1n) is 8.25. The second-order valence-corrected chi connectivity index (χ2v) is 6.30. The van der Waals surface area contributed by atoms with Crippen LogP contribution in [0.4, 0.5) is 4.39 Å². The lowest BCUT2D eigenvalue weighted by atomic mass is 9.88. The van der Waals surface area contributed by atoms with Crippen LogP contribution in [0, 0.1) is 5.82 Å². The van der Waals surface area contributed by atoms with Crippen molar-refractivity contribution in [2.75, 3.05) is 0 Å². The van der Waals surface area contributed by atoms with Gasteiger partial charge in [-0.05, 0) is 42.7 Å². The summed E-state index contributed by atoms with van der Waals surface area (Å²) in [4.78, 5) is 12.7. The molecule has 5 nitrogen and oxygen atoms in total. The number of amides is 1. The van der Waals surface area contributed by atoms with Crippen molar-refractivity contribution in [2.24, 2.45) is 0 Å². The highest BCUT2D eigenvalue weighted by Crippen LogP contribution is 2.39. The third-order valence-corrected chi connectivity index (χ3v) is 4.71. The predicted molar refractivity (Wildman–Crippen MR) is 88.2 cm³/mol. The van der Waals surface area contributed by atoms with Crippen molar-refractivity contribution >= 4 is 5.91 Å². The maximum atomic E-state index is 13.2. The highest BCUT2D eigenvalue weighted by Gasteiger charge is 2.37. The second-order valence-electron chi connectivity index (χ2n) is 6.30. The molecular weight excluding hydrogens is 323 g/mol. The number of rotatable bonds is 4. The fraction of sp³-hybridized carbons (Fsp3) is 0.263. The van der Waals surface area contributed by atoms with Crippen molar-refractivity contribution in [3.8, 4) is 11.5 Å². The fourth-order valence-corrected chi connectivity index (χ4v) is 3.43. The van der Waals surface area contributed by atoms with Crippen molar-refractivity contribution in [3.05, 3.63) is 65.8 Å². The Kier molecular flexibility index (Phi) is 3.87. The van der Waals surface area contributed by atoms with Gasteiger partial charge in [0, 0.05) is 6.07 Å². The Morgan fingerprint density at radius 1 is 1.12 bits per heavy atom. The van der Waals surface area contributed by atoms with Crippen molar-refractivity contribution in [3.63, 3.8) is 0 Å². The Labute approximate surface area is 143 Å². The van der Waals surface area contributed by atoms with Crippen LogP contribution in [-0.4, -0.2) is 11.1 Å². The van der Waals surface area contributed by atoms with Crippen LogP contribution in [0.5, 0.6) is 0 Å². The fourth-order valence-electron chi connectivity index (χ4n) is 3.43. The number of furan rings is 1. The SMILES string of the molecule is O=C(NC1(c2ccc(F)cc2)CCCC1)c1cc(-c2ccco2)on1. The van der Waals surface area contributed by atoms with Crippen LogP contribution in [-0.2, 0) is 5.54 Å². The predicted octanol–water partition coefficient (Wildman–Crippen LogP) is 4.27. The van der Waals surface area contributed by atoms with Gasteiger partial charge in [0.1, 0.15) is 5.82 Å². The van der Waals surface area contributed by atoms with Gasteiger partial charge >= 0.3 is 0 Å². The first kappa shape index (κ1) is 15.6. The number of aromatic nitrogens is 1. The summed E-state index contributed by atoms with van der Waals surface area (Å²) in [5.74, 6) is 0.314. The maximum absolute atomic E-state index is 13.2. The molecule has 1 aliphatic carbocycles. The van der Waals surface area contributed by atoms with Gasteiger partial charge in [0.25, 0.3) is 5.91 Å². The van der Waals surface area contributed by atoms with E-state index >= 15 is 0 Å². The summed E-state index contributed by atoms with van der Waals surface area (Å²) in [5, 5.41) is 6.93. The molecule has 1 N–H and O–H groups in total. The zero-order valence-electron chi connectivity index (χ0n) is 13.5. The van der Waals surface area contributed by atoms with Gasteiger partial charge in [-0.15, -0.1) is 0 Å². The molecule has 0 unspecified atom stereocenters. The number of benzene rings is 1. The van der Waals surface area contributed by atoms with Gasteiger partial charge in [-0.3, -0.25) is 4.79 Å². The highest BCUT2D eigenvalue weighted by molar-refractivity contribution is 5.93. The minimum atomic E-state index is -0.491. The zero-order chi connectivity index (χ0) is 17.3. The average molecular weight is 340 g/mol. The Balaban J connectivity index is 1.58. The molecule has 6 heteroatoms. The summed E-state index contributed by atoms with van der Waals surface area (Å²) in [6, 6.07) is 11.3. The summed E-state index contributed by atoms with van der Waals surface area (Å²) in [5.41, 5.74) is 0.614. The Morgan fingerprint density at radius 3 is 2.56 bits per heavy atom. The lowest BCUT2D eigenvalue weighted by Gasteiger charge is -2.30. The molecule has 4 rings (SSSR count). The molecule has 128 valence electrons. The van der Waals surface area contributed by atoms with Gasteiger partial charge in [-0.2, -0.15) is 0 Å². The van der Waals surface area contributed by atoms with E-state index in [9.17, 15) is 9.18 Å². The Bertz CT molecular complexity index is 862. The smallest absolute Gasteiger partial charge is 0.274 e. The normalized spacial score (nSPS) is 16.0. The molecule has 2 heterocycles. The number of nitrogens with one attached hydrogen (secondary N) is 1. The van der Waals surface area contributed by atoms with E-state index in [1.54, 1.807) is 30.3 Å². The monoisotopic (exact) mass is 340 g/mol. The van der Waals surface area contributed by atoms with E-state index in [0.717, 1.165) is 31.2 Å². The van der Waals surface area contributed by atoms with E-state index in [2.05, 4.69) is 10.5 Å². The van der Waals surface area contributed by atoms with Crippen LogP contribution < -0.4 is 5.32 Å². The van der Waals surface area contributed by atoms with E-state index in [-0.39, 0.29) is 17.4 Å². The highest BCUT2D eigenvalue weighted by atomic mass is 19.1. The molecule has 1 fully saturated rings. The van der Waals surface area contributed by atoms with Gasteiger partial charge in [0.2, 0.25) is 5.76 Å². The van der Waals surface area contributed by atoms with Gasteiger partial charge in [-0.1, -0.05) is 30.1 Å². The lowest BCUT2D eigenvalue weighted by molar-refractivity contribution is 0.0889. The second kappa shape index (κ2) is 6.20. The maximum Gasteiger partial charge on any atom is 0.274 e. The van der Waals surface area contributed by atoms with Crippen molar-refractivity contribution < 1.29 is 18.1 Å². The molecule has 2 aromatic heterocycles. The van der Waals surface area contributed by atoms with Gasteiger partial charge in [-0.25, -0.2) is 4.39 Å². The molecule has 0 saturated heterocycles. The molecule has 1 saturated carbocycles. The van der Waals surface area contributed by atoms with Gasteiger partial charge in [0.05, 0.1) is 11.8 Å². The summed E-state index contributed by atoms with van der Waals surface area (Å²) in [6.07, 6.45) is 5.17. The Morgan fingerprint density at radius 2 is 1.88 bits per heavy atom. The molecule has 0 spiro atoms. The third-order valence-electron chi connectivity index (χ3n) is 4.71. The number of carbonyl (C=O) groups is 1. The lowest BCUT2D eigenvalue weighted by Crippen LogP contribution is -2.43. The van der Waals surface area contributed by atoms with Crippen LogP contribution in [0.15, 0.2) is 57.7 Å². The van der Waals surface area contributed by atoms with Crippen LogP contribution in [0.1, 0.15) is 41.7 Å². The largest absolute Gasteiger partial charge is 0.461 e. The molecular formula is C19H17FN2O3. The molecule has 3 aromatic rings. The summed E-state index contributed by atoms with van der Waals surface area (Å²) in [6.45, 7) is 0. The van der Waals surface area contributed by atoms with Crippen LogP contribution >= 0.6 is 0 Å². The van der Waals surface area contributed by atoms with E-state index in [1.165, 1.54) is 18.4 Å². The van der Waals surface area contributed by atoms with Crippen molar-refractivity contribution in [1.29, 1.82) is 0 Å². The van der Waals surface area contributed by atoms with Crippen LogP contribution in [0.2, 0.25) is 0 Å². The standard InChI is InChI=1S/C19H17FN2O3/c20-14-7-5-13(6-8-14)19(9-1-2-10-19)21-18(23)15-12-17(25-22-15)16-4-3-11-24-16/h3-8,11-12H,1-2,9-10H2,(H,21,23).